The molecule has 1 atom stereocenters. The van der Waals surface area contributed by atoms with Crippen molar-refractivity contribution in [3.8, 4) is 0 Å². The second kappa shape index (κ2) is 6.70. The predicted molar refractivity (Wildman–Crippen MR) is 82.6 cm³/mol. The van der Waals surface area contributed by atoms with E-state index < -0.39 is 6.04 Å². The van der Waals surface area contributed by atoms with Crippen LogP contribution in [-0.4, -0.2) is 46.8 Å². The summed E-state index contributed by atoms with van der Waals surface area (Å²) in [5.74, 6) is 0.365. The van der Waals surface area contributed by atoms with Crippen molar-refractivity contribution in [3.05, 3.63) is 53.4 Å². The Balaban J connectivity index is 2.17. The molecule has 5 nitrogen and oxygen atoms in total. The van der Waals surface area contributed by atoms with E-state index in [0.29, 0.717) is 6.54 Å². The van der Waals surface area contributed by atoms with Gasteiger partial charge in [-0.05, 0) is 38.7 Å². The highest BCUT2D eigenvalue weighted by Gasteiger charge is 2.26. The molecular weight excluding hydrogens is 283 g/mol. The predicted octanol–water partition coefficient (Wildman–Crippen LogP) is 2.12. The van der Waals surface area contributed by atoms with Crippen molar-refractivity contribution in [1.82, 2.24) is 19.8 Å². The topological polar surface area (TPSA) is 52.2 Å². The minimum absolute atomic E-state index is 0.0642. The maximum absolute atomic E-state index is 13.1. The van der Waals surface area contributed by atoms with Crippen molar-refractivity contribution < 1.29 is 9.18 Å². The number of H-pyrrole nitrogens is 1. The Morgan fingerprint density at radius 3 is 2.41 bits per heavy atom. The number of amides is 1. The number of carbonyl (C=O) groups excluding carboxylic acids is 1. The number of nitrogens with one attached hydrogen (secondary N) is 1. The first-order valence-corrected chi connectivity index (χ1v) is 7.06. The second-order valence-corrected chi connectivity index (χ2v) is 5.62. The second-order valence-electron chi connectivity index (χ2n) is 5.62. The number of imidazole rings is 1. The van der Waals surface area contributed by atoms with E-state index in [2.05, 4.69) is 9.97 Å². The Labute approximate surface area is 129 Å². The molecule has 0 saturated carbocycles. The van der Waals surface area contributed by atoms with Crippen LogP contribution in [0.15, 0.2) is 30.5 Å². The molecule has 118 valence electrons. The van der Waals surface area contributed by atoms with Crippen molar-refractivity contribution in [2.24, 2.45) is 0 Å². The van der Waals surface area contributed by atoms with Crippen LogP contribution in [0.2, 0.25) is 0 Å². The van der Waals surface area contributed by atoms with E-state index in [1.807, 2.05) is 25.9 Å². The van der Waals surface area contributed by atoms with Crippen molar-refractivity contribution in [2.75, 3.05) is 21.1 Å². The molecule has 2 rings (SSSR count). The van der Waals surface area contributed by atoms with Crippen LogP contribution in [0.5, 0.6) is 0 Å². The van der Waals surface area contributed by atoms with E-state index in [-0.39, 0.29) is 11.7 Å². The molecule has 22 heavy (non-hydrogen) atoms. The molecule has 1 heterocycles. The monoisotopic (exact) mass is 304 g/mol. The van der Waals surface area contributed by atoms with Crippen molar-refractivity contribution in [2.45, 2.75) is 19.5 Å². The van der Waals surface area contributed by atoms with Gasteiger partial charge in [-0.2, -0.15) is 0 Å². The lowest BCUT2D eigenvalue weighted by Gasteiger charge is -2.28. The Kier molecular flexibility index (Phi) is 4.92. The summed E-state index contributed by atoms with van der Waals surface area (Å²) in [5, 5.41) is 0. The van der Waals surface area contributed by atoms with E-state index in [4.69, 9.17) is 0 Å². The number of aromatic amines is 1. The van der Waals surface area contributed by atoms with Crippen LogP contribution in [0.1, 0.15) is 23.1 Å². The van der Waals surface area contributed by atoms with Gasteiger partial charge < -0.3 is 9.88 Å². The highest BCUT2D eigenvalue weighted by Crippen LogP contribution is 2.21. The summed E-state index contributed by atoms with van der Waals surface area (Å²) < 4.78 is 13.1. The molecular formula is C16H21FN4O. The number of halogens is 1. The molecule has 6 heteroatoms. The molecule has 0 aliphatic carbocycles. The Bertz CT molecular complexity index is 636. The van der Waals surface area contributed by atoms with Crippen LogP contribution >= 0.6 is 0 Å². The van der Waals surface area contributed by atoms with E-state index >= 15 is 0 Å². The summed E-state index contributed by atoms with van der Waals surface area (Å²) in [4.78, 5) is 23.5. The van der Waals surface area contributed by atoms with Crippen LogP contribution in [0.4, 0.5) is 4.39 Å². The van der Waals surface area contributed by atoms with Crippen molar-refractivity contribution >= 4 is 5.91 Å². The third-order valence-corrected chi connectivity index (χ3v) is 3.45. The molecule has 1 N–H and O–H groups in total. The first-order valence-electron chi connectivity index (χ1n) is 7.06. The van der Waals surface area contributed by atoms with Gasteiger partial charge >= 0.3 is 0 Å². The summed E-state index contributed by atoms with van der Waals surface area (Å²) in [5.41, 5.74) is 1.72. The fraction of sp³-hybridized carbons (Fsp3) is 0.375. The Morgan fingerprint density at radius 1 is 1.27 bits per heavy atom. The highest BCUT2D eigenvalue weighted by atomic mass is 19.1. The van der Waals surface area contributed by atoms with Crippen LogP contribution in [0.25, 0.3) is 0 Å². The number of likely N-dealkylation sites (N-methyl/N-ethyl adjacent to an activating group) is 2. The fourth-order valence-corrected chi connectivity index (χ4v) is 2.37. The summed E-state index contributed by atoms with van der Waals surface area (Å²) in [7, 11) is 5.40. The van der Waals surface area contributed by atoms with Crippen LogP contribution < -0.4 is 0 Å². The lowest BCUT2D eigenvalue weighted by atomic mass is 10.0. The normalized spacial score (nSPS) is 12.5. The molecule has 0 spiro atoms. The van der Waals surface area contributed by atoms with Crippen LogP contribution in [-0.2, 0) is 11.3 Å². The van der Waals surface area contributed by atoms with Gasteiger partial charge in [-0.15, -0.1) is 0 Å². The largest absolute Gasteiger partial charge is 0.345 e. The zero-order chi connectivity index (χ0) is 16.3. The minimum Gasteiger partial charge on any atom is -0.345 e. The third kappa shape index (κ3) is 3.71. The molecule has 1 unspecified atom stereocenters. The maximum Gasteiger partial charge on any atom is 0.244 e. The fourth-order valence-electron chi connectivity index (χ4n) is 2.37. The Morgan fingerprint density at radius 2 is 1.91 bits per heavy atom. The molecule has 0 aliphatic heterocycles. The van der Waals surface area contributed by atoms with Gasteiger partial charge in [0.1, 0.15) is 17.7 Å². The van der Waals surface area contributed by atoms with E-state index in [1.54, 1.807) is 30.3 Å². The average Bonchev–Trinajstić information content (AvgIpc) is 2.86. The Hall–Kier alpha value is -2.21. The molecule has 0 radical (unpaired) electrons. The number of benzene rings is 1. The summed E-state index contributed by atoms with van der Waals surface area (Å²) in [6, 6.07) is 5.57. The SMILES string of the molecule is Cc1cnc(CN(C)C(=O)C(c2ccc(F)cc2)N(C)C)[nH]1. The van der Waals surface area contributed by atoms with Crippen molar-refractivity contribution in [3.63, 3.8) is 0 Å². The lowest BCUT2D eigenvalue weighted by Crippen LogP contribution is -2.38. The van der Waals surface area contributed by atoms with Gasteiger partial charge in [-0.1, -0.05) is 12.1 Å². The molecule has 0 aliphatic rings. The van der Waals surface area contributed by atoms with E-state index in [1.165, 1.54) is 12.1 Å². The molecule has 1 amide bonds. The molecule has 1 aromatic heterocycles. The first-order chi connectivity index (χ1) is 10.4. The molecule has 2 aromatic rings. The van der Waals surface area contributed by atoms with Gasteiger partial charge in [0, 0.05) is 18.9 Å². The number of nitrogens with zero attached hydrogens (tertiary/aromatic N) is 3. The van der Waals surface area contributed by atoms with Crippen molar-refractivity contribution in [1.29, 1.82) is 0 Å². The molecule has 0 bridgehead atoms. The van der Waals surface area contributed by atoms with Crippen LogP contribution in [0.3, 0.4) is 0 Å². The van der Waals surface area contributed by atoms with Gasteiger partial charge in [0.2, 0.25) is 5.91 Å². The minimum atomic E-state index is -0.457. The van der Waals surface area contributed by atoms with Gasteiger partial charge in [0.25, 0.3) is 0 Å². The summed E-state index contributed by atoms with van der Waals surface area (Å²) in [6.45, 7) is 2.32. The maximum atomic E-state index is 13.1. The molecule has 1 aromatic carbocycles. The smallest absolute Gasteiger partial charge is 0.244 e. The zero-order valence-electron chi connectivity index (χ0n) is 13.3. The number of hydrogen-bond acceptors (Lipinski definition) is 3. The number of hydrogen-bond donors (Lipinski definition) is 1. The quantitative estimate of drug-likeness (QED) is 0.920. The number of carbonyl (C=O) groups is 1. The molecule has 0 fully saturated rings. The number of aromatic nitrogens is 2. The van der Waals surface area contributed by atoms with Gasteiger partial charge in [0.05, 0.1) is 6.54 Å². The van der Waals surface area contributed by atoms with E-state index in [9.17, 15) is 9.18 Å². The zero-order valence-corrected chi connectivity index (χ0v) is 13.3. The molecule has 0 saturated heterocycles. The van der Waals surface area contributed by atoms with E-state index in [0.717, 1.165) is 17.1 Å². The van der Waals surface area contributed by atoms with Crippen LogP contribution in [0, 0.1) is 12.7 Å². The summed E-state index contributed by atoms with van der Waals surface area (Å²) in [6.07, 6.45) is 1.73. The van der Waals surface area contributed by atoms with Gasteiger partial charge in [-0.3, -0.25) is 9.69 Å². The highest BCUT2D eigenvalue weighted by molar-refractivity contribution is 5.83. The van der Waals surface area contributed by atoms with Gasteiger partial charge in [-0.25, -0.2) is 9.37 Å². The number of rotatable bonds is 5. The van der Waals surface area contributed by atoms with Gasteiger partial charge in [0.15, 0.2) is 0 Å². The third-order valence-electron chi connectivity index (χ3n) is 3.45. The standard InChI is InChI=1S/C16H21FN4O/c1-11-9-18-14(19-11)10-21(4)16(22)15(20(2)3)12-5-7-13(17)8-6-12/h5-9,15H,10H2,1-4H3,(H,18,19). The summed E-state index contributed by atoms with van der Waals surface area (Å²) >= 11 is 0. The lowest BCUT2D eigenvalue weighted by molar-refractivity contribution is -0.135. The number of aryl methyl sites for hydroxylation is 1. The first kappa shape index (κ1) is 16.2. The average molecular weight is 304 g/mol.